The minimum absolute atomic E-state index is 0.696. The van der Waals surface area contributed by atoms with Gasteiger partial charge in [0.15, 0.2) is 0 Å². The molecule has 1 aromatic carbocycles. The van der Waals surface area contributed by atoms with Crippen molar-refractivity contribution in [3.63, 3.8) is 0 Å². The summed E-state index contributed by atoms with van der Waals surface area (Å²) < 4.78 is 1.85. The van der Waals surface area contributed by atoms with Crippen LogP contribution in [0.3, 0.4) is 0 Å². The lowest BCUT2D eigenvalue weighted by Gasteiger charge is -1.92. The van der Waals surface area contributed by atoms with Gasteiger partial charge >= 0.3 is 0 Å². The third-order valence-corrected chi connectivity index (χ3v) is 2.39. The SMILES string of the molecule is N#Cc1ccc2c(ccn2Br)c1. The first-order chi connectivity index (χ1) is 5.81. The van der Waals surface area contributed by atoms with Crippen molar-refractivity contribution in [1.82, 2.24) is 3.59 Å². The highest BCUT2D eigenvalue weighted by atomic mass is 79.9. The minimum atomic E-state index is 0.696. The summed E-state index contributed by atoms with van der Waals surface area (Å²) in [5, 5.41) is 9.71. The molecule has 0 N–H and O–H groups in total. The Labute approximate surface area is 78.4 Å². The zero-order valence-corrected chi connectivity index (χ0v) is 7.75. The smallest absolute Gasteiger partial charge is 0.0991 e. The fourth-order valence-electron chi connectivity index (χ4n) is 1.18. The maximum atomic E-state index is 8.64. The molecule has 1 heterocycles. The van der Waals surface area contributed by atoms with Crippen molar-refractivity contribution in [3.05, 3.63) is 36.0 Å². The van der Waals surface area contributed by atoms with Gasteiger partial charge in [-0.15, -0.1) is 0 Å². The number of benzene rings is 1. The van der Waals surface area contributed by atoms with E-state index in [0.29, 0.717) is 5.56 Å². The first kappa shape index (κ1) is 7.38. The molecule has 0 saturated carbocycles. The van der Waals surface area contributed by atoms with E-state index >= 15 is 0 Å². The van der Waals surface area contributed by atoms with E-state index < -0.39 is 0 Å². The lowest BCUT2D eigenvalue weighted by Crippen LogP contribution is -1.76. The molecule has 0 aliphatic rings. The zero-order chi connectivity index (χ0) is 8.55. The number of fused-ring (bicyclic) bond motifs is 1. The summed E-state index contributed by atoms with van der Waals surface area (Å²) in [5.74, 6) is 0. The van der Waals surface area contributed by atoms with Crippen LogP contribution in [0.25, 0.3) is 10.9 Å². The molecule has 1 aromatic heterocycles. The van der Waals surface area contributed by atoms with Crippen molar-refractivity contribution >= 4 is 27.1 Å². The number of nitrogens with zero attached hydrogens (tertiary/aromatic N) is 2. The van der Waals surface area contributed by atoms with E-state index in [1.165, 1.54) is 0 Å². The molecule has 0 aliphatic heterocycles. The fraction of sp³-hybridized carbons (Fsp3) is 0. The minimum Gasteiger partial charge on any atom is -0.284 e. The van der Waals surface area contributed by atoms with Gasteiger partial charge in [-0.2, -0.15) is 5.26 Å². The molecular formula is C9H5BrN2. The summed E-state index contributed by atoms with van der Waals surface area (Å²) >= 11 is 3.35. The molecule has 3 heteroatoms. The maximum absolute atomic E-state index is 8.64. The van der Waals surface area contributed by atoms with Crippen LogP contribution in [0.4, 0.5) is 0 Å². The van der Waals surface area contributed by atoms with E-state index in [1.54, 1.807) is 6.07 Å². The van der Waals surface area contributed by atoms with Gasteiger partial charge in [0.1, 0.15) is 0 Å². The molecule has 2 rings (SSSR count). The second-order valence-electron chi connectivity index (χ2n) is 2.51. The van der Waals surface area contributed by atoms with Crippen molar-refractivity contribution in [2.24, 2.45) is 0 Å². The number of rotatable bonds is 0. The third-order valence-electron chi connectivity index (χ3n) is 1.77. The molecule has 12 heavy (non-hydrogen) atoms. The van der Waals surface area contributed by atoms with Gasteiger partial charge < -0.3 is 0 Å². The van der Waals surface area contributed by atoms with Crippen LogP contribution < -0.4 is 0 Å². The number of halogens is 1. The van der Waals surface area contributed by atoms with Crippen molar-refractivity contribution in [2.75, 3.05) is 0 Å². The van der Waals surface area contributed by atoms with Crippen LogP contribution in [-0.2, 0) is 0 Å². The third kappa shape index (κ3) is 1.01. The molecule has 2 aromatic rings. The molecule has 0 aliphatic carbocycles. The Kier molecular flexibility index (Phi) is 1.63. The van der Waals surface area contributed by atoms with Gasteiger partial charge in [-0.25, -0.2) is 0 Å². The highest BCUT2D eigenvalue weighted by Crippen LogP contribution is 2.18. The largest absolute Gasteiger partial charge is 0.284 e. The van der Waals surface area contributed by atoms with Crippen molar-refractivity contribution in [2.45, 2.75) is 0 Å². The van der Waals surface area contributed by atoms with Gasteiger partial charge in [0.25, 0.3) is 0 Å². The molecule has 0 spiro atoms. The van der Waals surface area contributed by atoms with E-state index in [2.05, 4.69) is 22.2 Å². The van der Waals surface area contributed by atoms with Crippen LogP contribution in [-0.4, -0.2) is 3.59 Å². The topological polar surface area (TPSA) is 28.7 Å². The van der Waals surface area contributed by atoms with Gasteiger partial charge in [-0.05, 0) is 24.3 Å². The molecule has 0 radical (unpaired) electrons. The van der Waals surface area contributed by atoms with Crippen LogP contribution in [0.2, 0.25) is 0 Å². The summed E-state index contributed by atoms with van der Waals surface area (Å²) in [6, 6.07) is 9.66. The predicted octanol–water partition coefficient (Wildman–Crippen LogP) is 2.67. The van der Waals surface area contributed by atoms with Gasteiger partial charge in [0, 0.05) is 11.6 Å². The van der Waals surface area contributed by atoms with Crippen LogP contribution >= 0.6 is 16.1 Å². The second kappa shape index (κ2) is 2.65. The number of aromatic nitrogens is 1. The van der Waals surface area contributed by atoms with Crippen LogP contribution in [0.5, 0.6) is 0 Å². The summed E-state index contributed by atoms with van der Waals surface area (Å²) in [6.45, 7) is 0. The lowest BCUT2D eigenvalue weighted by atomic mass is 10.2. The number of hydrogen-bond acceptors (Lipinski definition) is 1. The Hall–Kier alpha value is -1.27. The van der Waals surface area contributed by atoms with Gasteiger partial charge in [0.2, 0.25) is 0 Å². The summed E-state index contributed by atoms with van der Waals surface area (Å²) in [6.07, 6.45) is 1.91. The van der Waals surface area contributed by atoms with Crippen molar-refractivity contribution in [1.29, 1.82) is 5.26 Å². The second-order valence-corrected chi connectivity index (χ2v) is 3.28. The van der Waals surface area contributed by atoms with Crippen molar-refractivity contribution < 1.29 is 0 Å². The molecule has 58 valence electrons. The molecule has 0 fully saturated rings. The summed E-state index contributed by atoms with van der Waals surface area (Å²) in [7, 11) is 0. The highest BCUT2D eigenvalue weighted by molar-refractivity contribution is 9.08. The lowest BCUT2D eigenvalue weighted by molar-refractivity contribution is 1.39. The molecular weight excluding hydrogens is 216 g/mol. The Morgan fingerprint density at radius 1 is 1.33 bits per heavy atom. The summed E-state index contributed by atoms with van der Waals surface area (Å²) in [5.41, 5.74) is 1.77. The monoisotopic (exact) mass is 220 g/mol. The van der Waals surface area contributed by atoms with Gasteiger partial charge in [-0.1, -0.05) is 0 Å². The summed E-state index contributed by atoms with van der Waals surface area (Å²) in [4.78, 5) is 0. The van der Waals surface area contributed by atoms with E-state index in [1.807, 2.05) is 28.0 Å². The maximum Gasteiger partial charge on any atom is 0.0991 e. The van der Waals surface area contributed by atoms with Gasteiger partial charge in [-0.3, -0.25) is 3.59 Å². The number of hydrogen-bond donors (Lipinski definition) is 0. The average molecular weight is 221 g/mol. The molecule has 2 nitrogen and oxygen atoms in total. The molecule has 0 saturated heterocycles. The van der Waals surface area contributed by atoms with Crippen LogP contribution in [0, 0.1) is 11.3 Å². The van der Waals surface area contributed by atoms with E-state index in [4.69, 9.17) is 5.26 Å². The molecule has 0 amide bonds. The zero-order valence-electron chi connectivity index (χ0n) is 6.16. The van der Waals surface area contributed by atoms with Crippen molar-refractivity contribution in [3.8, 4) is 6.07 Å². The Bertz CT molecular complexity index is 465. The standard InChI is InChI=1S/C9H5BrN2/c10-12-4-3-8-5-7(6-11)1-2-9(8)12/h1-5H. The fourth-order valence-corrected chi connectivity index (χ4v) is 1.62. The normalized spacial score (nSPS) is 10.0. The molecule has 0 unspecified atom stereocenters. The highest BCUT2D eigenvalue weighted by Gasteiger charge is 1.98. The quantitative estimate of drug-likeness (QED) is 0.672. The Morgan fingerprint density at radius 2 is 2.17 bits per heavy atom. The van der Waals surface area contributed by atoms with E-state index in [9.17, 15) is 0 Å². The first-order valence-electron chi connectivity index (χ1n) is 3.48. The molecule has 0 atom stereocenters. The number of nitriles is 1. The van der Waals surface area contributed by atoms with E-state index in [0.717, 1.165) is 10.9 Å². The first-order valence-corrected chi connectivity index (χ1v) is 4.19. The Balaban J connectivity index is 2.80. The van der Waals surface area contributed by atoms with Gasteiger partial charge in [0.05, 0.1) is 33.3 Å². The van der Waals surface area contributed by atoms with Crippen LogP contribution in [0.15, 0.2) is 30.5 Å². The Morgan fingerprint density at radius 3 is 2.92 bits per heavy atom. The van der Waals surface area contributed by atoms with Crippen LogP contribution in [0.1, 0.15) is 5.56 Å². The molecule has 0 bridgehead atoms. The average Bonchev–Trinajstić information content (AvgIpc) is 2.47. The predicted molar refractivity (Wildman–Crippen MR) is 51.0 cm³/mol. The van der Waals surface area contributed by atoms with E-state index in [-0.39, 0.29) is 0 Å².